The number of carbonyl (C=O) groups excluding carboxylic acids is 1. The Morgan fingerprint density at radius 1 is 1.11 bits per heavy atom. The molecule has 1 aromatic heterocycles. The molecule has 2 N–H and O–H groups in total. The summed E-state index contributed by atoms with van der Waals surface area (Å²) in [5, 5.41) is 1.77. The molecule has 2 aromatic carbocycles. The minimum absolute atomic E-state index is 0.0819. The highest BCUT2D eigenvalue weighted by Gasteiger charge is 2.25. The molecule has 28 heavy (non-hydrogen) atoms. The molecule has 5 nitrogen and oxygen atoms in total. The van der Waals surface area contributed by atoms with Gasteiger partial charge in [0.2, 0.25) is 0 Å². The molecule has 0 spiro atoms. The van der Waals surface area contributed by atoms with Crippen molar-refractivity contribution in [1.82, 2.24) is 9.47 Å². The Morgan fingerprint density at radius 2 is 1.86 bits per heavy atom. The lowest BCUT2D eigenvalue weighted by Gasteiger charge is -2.32. The number of aromatic nitrogens is 1. The number of piperidine rings is 1. The van der Waals surface area contributed by atoms with Gasteiger partial charge in [-0.25, -0.2) is 0 Å². The fraction of sp³-hybridized carbons (Fsp3) is 0.318. The molecule has 0 unspecified atom stereocenters. The van der Waals surface area contributed by atoms with Crippen LogP contribution in [0.5, 0.6) is 5.75 Å². The number of nitrogens with two attached hydrogens (primary N) is 1. The van der Waals surface area contributed by atoms with Crippen molar-refractivity contribution < 1.29 is 9.53 Å². The van der Waals surface area contributed by atoms with E-state index in [4.69, 9.17) is 22.1 Å². The highest BCUT2D eigenvalue weighted by Crippen LogP contribution is 2.23. The lowest BCUT2D eigenvalue weighted by Crippen LogP contribution is -2.41. The first-order valence-electron chi connectivity index (χ1n) is 9.64. The molecule has 4 rings (SSSR count). The van der Waals surface area contributed by atoms with Crippen LogP contribution in [0, 0.1) is 0 Å². The first-order chi connectivity index (χ1) is 13.6. The van der Waals surface area contributed by atoms with E-state index >= 15 is 0 Å². The Balaban J connectivity index is 1.38. The van der Waals surface area contributed by atoms with E-state index in [1.54, 1.807) is 0 Å². The van der Waals surface area contributed by atoms with Gasteiger partial charge in [-0.1, -0.05) is 11.6 Å². The molecule has 1 saturated heterocycles. The van der Waals surface area contributed by atoms with Crippen molar-refractivity contribution in [3.8, 4) is 5.75 Å². The Bertz CT molecular complexity index is 960. The zero-order valence-electron chi connectivity index (χ0n) is 15.7. The molecule has 146 valence electrons. The second-order valence-corrected chi connectivity index (χ2v) is 7.57. The van der Waals surface area contributed by atoms with Crippen LogP contribution in [-0.2, 0) is 6.54 Å². The Morgan fingerprint density at radius 3 is 2.57 bits per heavy atom. The number of carbonyl (C=O) groups is 1. The minimum Gasteiger partial charge on any atom is -0.490 e. The van der Waals surface area contributed by atoms with Gasteiger partial charge in [0.1, 0.15) is 11.9 Å². The SMILES string of the molecule is NCCn1ccc2cc(C(=O)N3CCC(Oc4ccc(Cl)cc4)CC3)ccc21. The summed E-state index contributed by atoms with van der Waals surface area (Å²) in [5.41, 5.74) is 7.49. The summed E-state index contributed by atoms with van der Waals surface area (Å²) in [6.45, 7) is 2.77. The molecular formula is C22H24ClN3O2. The van der Waals surface area contributed by atoms with Crippen molar-refractivity contribution >= 4 is 28.4 Å². The Hall–Kier alpha value is -2.50. The summed E-state index contributed by atoms with van der Waals surface area (Å²) in [4.78, 5) is 14.8. The topological polar surface area (TPSA) is 60.5 Å². The number of fused-ring (bicyclic) bond motifs is 1. The number of rotatable bonds is 5. The smallest absolute Gasteiger partial charge is 0.253 e. The quantitative estimate of drug-likeness (QED) is 0.709. The number of likely N-dealkylation sites (tertiary alicyclic amines) is 1. The second-order valence-electron chi connectivity index (χ2n) is 7.13. The van der Waals surface area contributed by atoms with Crippen LogP contribution in [0.3, 0.4) is 0 Å². The fourth-order valence-corrected chi connectivity index (χ4v) is 3.86. The normalized spacial score (nSPS) is 15.1. The number of benzene rings is 2. The fourth-order valence-electron chi connectivity index (χ4n) is 3.73. The van der Waals surface area contributed by atoms with Crippen LogP contribution in [-0.4, -0.2) is 41.1 Å². The largest absolute Gasteiger partial charge is 0.490 e. The third kappa shape index (κ3) is 4.01. The zero-order valence-corrected chi connectivity index (χ0v) is 16.4. The molecule has 0 aliphatic carbocycles. The van der Waals surface area contributed by atoms with Gasteiger partial charge in [0.05, 0.1) is 0 Å². The number of nitrogens with zero attached hydrogens (tertiary/aromatic N) is 2. The average Bonchev–Trinajstić information content (AvgIpc) is 3.12. The van der Waals surface area contributed by atoms with Crippen LogP contribution in [0.4, 0.5) is 0 Å². The Kier molecular flexibility index (Phi) is 5.55. The summed E-state index contributed by atoms with van der Waals surface area (Å²) < 4.78 is 8.13. The molecule has 1 aliphatic heterocycles. The van der Waals surface area contributed by atoms with E-state index in [0.29, 0.717) is 24.7 Å². The van der Waals surface area contributed by atoms with Crippen molar-refractivity contribution in [2.24, 2.45) is 5.73 Å². The maximum Gasteiger partial charge on any atom is 0.253 e. The van der Waals surface area contributed by atoms with Crippen LogP contribution in [0.2, 0.25) is 5.02 Å². The first-order valence-corrected chi connectivity index (χ1v) is 10.0. The predicted octanol–water partition coefficient (Wildman–Crippen LogP) is 3.94. The summed E-state index contributed by atoms with van der Waals surface area (Å²) in [5.74, 6) is 0.903. The molecule has 6 heteroatoms. The van der Waals surface area contributed by atoms with E-state index in [2.05, 4.69) is 4.57 Å². The van der Waals surface area contributed by atoms with Crippen LogP contribution < -0.4 is 10.5 Å². The number of amides is 1. The van der Waals surface area contributed by atoms with E-state index in [1.165, 1.54) is 0 Å². The van der Waals surface area contributed by atoms with Gasteiger partial charge in [0, 0.05) is 66.7 Å². The maximum absolute atomic E-state index is 12.9. The number of hydrogen-bond acceptors (Lipinski definition) is 3. The van der Waals surface area contributed by atoms with Crippen molar-refractivity contribution in [2.45, 2.75) is 25.5 Å². The van der Waals surface area contributed by atoms with Gasteiger partial charge in [-0.05, 0) is 48.5 Å². The van der Waals surface area contributed by atoms with E-state index < -0.39 is 0 Å². The van der Waals surface area contributed by atoms with Gasteiger partial charge in [0.25, 0.3) is 5.91 Å². The van der Waals surface area contributed by atoms with Gasteiger partial charge in [-0.15, -0.1) is 0 Å². The van der Waals surface area contributed by atoms with E-state index in [1.807, 2.05) is 59.6 Å². The minimum atomic E-state index is 0.0819. The van der Waals surface area contributed by atoms with Gasteiger partial charge in [-0.3, -0.25) is 4.79 Å². The number of halogens is 1. The third-order valence-electron chi connectivity index (χ3n) is 5.23. The first kappa shape index (κ1) is 18.8. The summed E-state index contributed by atoms with van der Waals surface area (Å²) in [6, 6.07) is 15.3. The molecule has 0 radical (unpaired) electrons. The zero-order chi connectivity index (χ0) is 19.5. The lowest BCUT2D eigenvalue weighted by atomic mass is 10.1. The summed E-state index contributed by atoms with van der Waals surface area (Å²) >= 11 is 5.91. The lowest BCUT2D eigenvalue weighted by molar-refractivity contribution is 0.0595. The molecule has 0 saturated carbocycles. The highest BCUT2D eigenvalue weighted by atomic mass is 35.5. The predicted molar refractivity (Wildman–Crippen MR) is 112 cm³/mol. The molecule has 1 aliphatic rings. The van der Waals surface area contributed by atoms with Crippen molar-refractivity contribution in [1.29, 1.82) is 0 Å². The summed E-state index contributed by atoms with van der Waals surface area (Å²) in [6.07, 6.45) is 3.79. The molecule has 3 aromatic rings. The maximum atomic E-state index is 12.9. The second kappa shape index (κ2) is 8.25. The Labute approximate surface area is 169 Å². The highest BCUT2D eigenvalue weighted by molar-refractivity contribution is 6.30. The molecule has 1 amide bonds. The molecule has 0 bridgehead atoms. The van der Waals surface area contributed by atoms with Gasteiger partial charge >= 0.3 is 0 Å². The van der Waals surface area contributed by atoms with Crippen molar-refractivity contribution in [3.63, 3.8) is 0 Å². The van der Waals surface area contributed by atoms with Crippen LogP contribution in [0.1, 0.15) is 23.2 Å². The monoisotopic (exact) mass is 397 g/mol. The molecule has 2 heterocycles. The molecule has 1 fully saturated rings. The van der Waals surface area contributed by atoms with Gasteiger partial charge in [0.15, 0.2) is 0 Å². The van der Waals surface area contributed by atoms with Crippen molar-refractivity contribution in [3.05, 3.63) is 65.3 Å². The molecule has 0 atom stereocenters. The van der Waals surface area contributed by atoms with E-state index in [-0.39, 0.29) is 12.0 Å². The van der Waals surface area contributed by atoms with E-state index in [0.717, 1.165) is 41.6 Å². The van der Waals surface area contributed by atoms with Crippen LogP contribution in [0.15, 0.2) is 54.7 Å². The van der Waals surface area contributed by atoms with Crippen LogP contribution in [0.25, 0.3) is 10.9 Å². The number of ether oxygens (including phenoxy) is 1. The summed E-state index contributed by atoms with van der Waals surface area (Å²) in [7, 11) is 0. The van der Waals surface area contributed by atoms with Crippen molar-refractivity contribution in [2.75, 3.05) is 19.6 Å². The van der Waals surface area contributed by atoms with E-state index in [9.17, 15) is 4.79 Å². The van der Waals surface area contributed by atoms with Crippen LogP contribution >= 0.6 is 11.6 Å². The average molecular weight is 398 g/mol. The van der Waals surface area contributed by atoms with Gasteiger partial charge < -0.3 is 19.9 Å². The third-order valence-corrected chi connectivity index (χ3v) is 5.49. The number of hydrogen-bond donors (Lipinski definition) is 1. The standard InChI is InChI=1S/C22H24ClN3O2/c23-18-2-4-19(5-3-18)28-20-8-12-26(13-9-20)22(27)17-1-6-21-16(15-17)7-11-25(21)14-10-24/h1-7,11,15,20H,8-10,12-14,24H2. The molecular weight excluding hydrogens is 374 g/mol. The van der Waals surface area contributed by atoms with Gasteiger partial charge in [-0.2, -0.15) is 0 Å².